The molecule has 0 spiro atoms. The van der Waals surface area contributed by atoms with Crippen LogP contribution >= 0.6 is 0 Å². The summed E-state index contributed by atoms with van der Waals surface area (Å²) in [7, 11) is 0. The van der Waals surface area contributed by atoms with Crippen LogP contribution in [0.25, 0.3) is 0 Å². The summed E-state index contributed by atoms with van der Waals surface area (Å²) in [6.07, 6.45) is 3.50. The van der Waals surface area contributed by atoms with Gasteiger partial charge in [-0.25, -0.2) is 0 Å². The molecule has 0 saturated carbocycles. The number of carbonyl (C=O) groups is 1. The van der Waals surface area contributed by atoms with E-state index in [1.165, 1.54) is 6.20 Å². The van der Waals surface area contributed by atoms with Gasteiger partial charge in [0, 0.05) is 30.2 Å². The highest BCUT2D eigenvalue weighted by Crippen LogP contribution is 2.23. The van der Waals surface area contributed by atoms with Crippen molar-refractivity contribution in [3.05, 3.63) is 53.9 Å². The molecule has 0 saturated heterocycles. The van der Waals surface area contributed by atoms with E-state index in [0.717, 1.165) is 11.3 Å². The zero-order valence-electron chi connectivity index (χ0n) is 10.8. The zero-order valence-corrected chi connectivity index (χ0v) is 10.8. The molecule has 98 valence electrons. The third kappa shape index (κ3) is 3.10. The van der Waals surface area contributed by atoms with Gasteiger partial charge in [-0.3, -0.25) is 9.78 Å². The molecule has 1 unspecified atom stereocenters. The number of rotatable bonds is 4. The second kappa shape index (κ2) is 5.52. The Morgan fingerprint density at radius 1 is 1.21 bits per heavy atom. The predicted molar refractivity (Wildman–Crippen MR) is 76.9 cm³/mol. The van der Waals surface area contributed by atoms with Crippen LogP contribution in [0, 0.1) is 0 Å². The molecule has 2 aromatic rings. The maximum absolute atomic E-state index is 12.2. The summed E-state index contributed by atoms with van der Waals surface area (Å²) in [5.41, 5.74) is 14.2. The van der Waals surface area contributed by atoms with E-state index in [2.05, 4.69) is 4.98 Å². The molecule has 0 radical (unpaired) electrons. The van der Waals surface area contributed by atoms with Crippen LogP contribution in [0.1, 0.15) is 35.2 Å². The van der Waals surface area contributed by atoms with Crippen LogP contribution < -0.4 is 11.5 Å². The summed E-state index contributed by atoms with van der Waals surface area (Å²) in [6.45, 7) is 2.01. The van der Waals surface area contributed by atoms with E-state index in [9.17, 15) is 4.79 Å². The smallest absolute Gasteiger partial charge is 0.167 e. The largest absolute Gasteiger partial charge is 0.399 e. The minimum atomic E-state index is 0.00919. The van der Waals surface area contributed by atoms with Crippen molar-refractivity contribution in [3.8, 4) is 0 Å². The average Bonchev–Trinajstić information content (AvgIpc) is 2.39. The highest BCUT2D eigenvalue weighted by molar-refractivity contribution is 6.00. The number of nitrogens with zero attached hydrogens (tertiary/aromatic N) is 1. The molecule has 0 amide bonds. The summed E-state index contributed by atoms with van der Waals surface area (Å²) in [6, 6.07) is 9.21. The third-order valence-corrected chi connectivity index (χ3v) is 3.15. The Morgan fingerprint density at radius 2 is 1.89 bits per heavy atom. The molecule has 0 aliphatic carbocycles. The van der Waals surface area contributed by atoms with Crippen molar-refractivity contribution in [2.45, 2.75) is 19.3 Å². The second-order valence-corrected chi connectivity index (χ2v) is 4.66. The lowest BCUT2D eigenvalue weighted by atomic mass is 9.93. The number of hydrogen-bond donors (Lipinski definition) is 2. The van der Waals surface area contributed by atoms with Crippen molar-refractivity contribution in [1.82, 2.24) is 4.98 Å². The molecular formula is C15H17N3O. The number of nitrogen functional groups attached to an aromatic ring is 2. The first-order valence-electron chi connectivity index (χ1n) is 6.16. The Labute approximate surface area is 112 Å². The van der Waals surface area contributed by atoms with Crippen LogP contribution in [-0.2, 0) is 0 Å². The lowest BCUT2D eigenvalue weighted by Gasteiger charge is -2.12. The van der Waals surface area contributed by atoms with Gasteiger partial charge in [-0.2, -0.15) is 0 Å². The lowest BCUT2D eigenvalue weighted by molar-refractivity contribution is 0.0976. The predicted octanol–water partition coefficient (Wildman–Crippen LogP) is 2.62. The van der Waals surface area contributed by atoms with E-state index in [0.29, 0.717) is 17.7 Å². The molecule has 2 rings (SSSR count). The number of nitrogens with two attached hydrogens (primary N) is 2. The molecule has 0 aliphatic rings. The van der Waals surface area contributed by atoms with Crippen molar-refractivity contribution < 1.29 is 4.79 Å². The van der Waals surface area contributed by atoms with Crippen molar-refractivity contribution in [3.63, 3.8) is 0 Å². The summed E-state index contributed by atoms with van der Waals surface area (Å²) in [5, 5.41) is 0. The minimum Gasteiger partial charge on any atom is -0.399 e. The zero-order chi connectivity index (χ0) is 13.8. The van der Waals surface area contributed by atoms with Gasteiger partial charge < -0.3 is 11.5 Å². The normalized spacial score (nSPS) is 12.1. The van der Waals surface area contributed by atoms with Crippen molar-refractivity contribution in [1.29, 1.82) is 0 Å². The highest BCUT2D eigenvalue weighted by atomic mass is 16.1. The van der Waals surface area contributed by atoms with Crippen LogP contribution in [-0.4, -0.2) is 10.8 Å². The molecule has 4 nitrogen and oxygen atoms in total. The number of carbonyl (C=O) groups excluding carboxylic acids is 1. The third-order valence-electron chi connectivity index (χ3n) is 3.15. The summed E-state index contributed by atoms with van der Waals surface area (Å²) >= 11 is 0. The van der Waals surface area contributed by atoms with Gasteiger partial charge in [0.15, 0.2) is 5.78 Å². The van der Waals surface area contributed by atoms with E-state index in [-0.39, 0.29) is 11.7 Å². The Balaban J connectivity index is 2.11. The van der Waals surface area contributed by atoms with Gasteiger partial charge in [-0.1, -0.05) is 19.1 Å². The topological polar surface area (TPSA) is 82.0 Å². The quantitative estimate of drug-likeness (QED) is 0.650. The number of benzene rings is 1. The SMILES string of the molecule is CC(CC(=O)c1cnccc1N)c1ccc(N)cc1. The summed E-state index contributed by atoms with van der Waals surface area (Å²) in [5.74, 6) is 0.127. The Bertz CT molecular complexity index is 578. The van der Waals surface area contributed by atoms with Crippen molar-refractivity contribution in [2.24, 2.45) is 0 Å². The van der Waals surface area contributed by atoms with E-state index in [1.807, 2.05) is 31.2 Å². The molecule has 0 fully saturated rings. The molecule has 0 aliphatic heterocycles. The fraction of sp³-hybridized carbons (Fsp3) is 0.200. The van der Waals surface area contributed by atoms with Gasteiger partial charge in [0.2, 0.25) is 0 Å². The van der Waals surface area contributed by atoms with E-state index in [4.69, 9.17) is 11.5 Å². The fourth-order valence-electron chi connectivity index (χ4n) is 1.97. The maximum Gasteiger partial charge on any atom is 0.167 e. The van der Waals surface area contributed by atoms with Crippen LogP contribution in [0.15, 0.2) is 42.7 Å². The summed E-state index contributed by atoms with van der Waals surface area (Å²) in [4.78, 5) is 16.1. The molecular weight excluding hydrogens is 238 g/mol. The van der Waals surface area contributed by atoms with Crippen LogP contribution in [0.5, 0.6) is 0 Å². The first kappa shape index (κ1) is 13.1. The number of anilines is 2. The first-order chi connectivity index (χ1) is 9.08. The van der Waals surface area contributed by atoms with Gasteiger partial charge in [0.25, 0.3) is 0 Å². The Hall–Kier alpha value is -2.36. The van der Waals surface area contributed by atoms with Gasteiger partial charge in [-0.15, -0.1) is 0 Å². The second-order valence-electron chi connectivity index (χ2n) is 4.66. The number of hydrogen-bond acceptors (Lipinski definition) is 4. The number of Topliss-reactive ketones (excluding diaryl/α,β-unsaturated/α-hetero) is 1. The molecule has 19 heavy (non-hydrogen) atoms. The van der Waals surface area contributed by atoms with Gasteiger partial charge in [0.1, 0.15) is 0 Å². The molecule has 1 aromatic carbocycles. The van der Waals surface area contributed by atoms with Crippen LogP contribution in [0.3, 0.4) is 0 Å². The molecule has 1 atom stereocenters. The van der Waals surface area contributed by atoms with E-state index in [1.54, 1.807) is 12.3 Å². The standard InChI is InChI=1S/C15H17N3O/c1-10(11-2-4-12(16)5-3-11)8-15(19)13-9-18-7-6-14(13)17/h2-7,9-10H,8,16H2,1H3,(H2,17,18). The number of pyridine rings is 1. The van der Waals surface area contributed by atoms with Crippen molar-refractivity contribution in [2.75, 3.05) is 11.5 Å². The lowest BCUT2D eigenvalue weighted by Crippen LogP contribution is -2.08. The molecule has 1 heterocycles. The van der Waals surface area contributed by atoms with Crippen LogP contribution in [0.4, 0.5) is 11.4 Å². The minimum absolute atomic E-state index is 0.00919. The van der Waals surface area contributed by atoms with Gasteiger partial charge in [0.05, 0.1) is 5.56 Å². The molecule has 4 heteroatoms. The van der Waals surface area contributed by atoms with Crippen LogP contribution in [0.2, 0.25) is 0 Å². The Morgan fingerprint density at radius 3 is 2.53 bits per heavy atom. The molecule has 0 bridgehead atoms. The van der Waals surface area contributed by atoms with E-state index >= 15 is 0 Å². The van der Waals surface area contributed by atoms with Crippen molar-refractivity contribution >= 4 is 17.2 Å². The maximum atomic E-state index is 12.2. The Kier molecular flexibility index (Phi) is 3.80. The number of aromatic nitrogens is 1. The monoisotopic (exact) mass is 255 g/mol. The molecule has 4 N–H and O–H groups in total. The van der Waals surface area contributed by atoms with Gasteiger partial charge in [-0.05, 0) is 29.7 Å². The first-order valence-corrected chi connectivity index (χ1v) is 6.16. The average molecular weight is 255 g/mol. The van der Waals surface area contributed by atoms with Gasteiger partial charge >= 0.3 is 0 Å². The molecule has 1 aromatic heterocycles. The summed E-state index contributed by atoms with van der Waals surface area (Å²) < 4.78 is 0. The highest BCUT2D eigenvalue weighted by Gasteiger charge is 2.15. The van der Waals surface area contributed by atoms with E-state index < -0.39 is 0 Å². The number of ketones is 1. The fourth-order valence-corrected chi connectivity index (χ4v) is 1.97.